The molecule has 2 heterocycles. The number of halogens is 1. The number of nitrogen functional groups attached to an aromatic ring is 1. The lowest BCUT2D eigenvalue weighted by Gasteiger charge is -2.06. The van der Waals surface area contributed by atoms with Crippen molar-refractivity contribution in [3.63, 3.8) is 0 Å². The number of H-pyrrole nitrogens is 1. The van der Waals surface area contributed by atoms with Crippen molar-refractivity contribution in [3.05, 3.63) is 57.8 Å². The number of benzene rings is 1. The number of anilines is 1. The van der Waals surface area contributed by atoms with Gasteiger partial charge in [-0.15, -0.1) is 0 Å². The monoisotopic (exact) mass is 329 g/mol. The number of hydrogen-bond acceptors (Lipinski definition) is 3. The standard InChI is InChI=1S/C15H12BrN3O/c1-8-3-2-4-10(13(8)17)14(20)12-7-19-15-11(12)5-9(16)6-18-15/h2-7H,17H2,1H3,(H,18,19). The van der Waals surface area contributed by atoms with Crippen LogP contribution in [0.3, 0.4) is 0 Å². The van der Waals surface area contributed by atoms with E-state index >= 15 is 0 Å². The zero-order chi connectivity index (χ0) is 14.3. The lowest BCUT2D eigenvalue weighted by molar-refractivity contribution is 0.104. The van der Waals surface area contributed by atoms with Gasteiger partial charge in [-0.05, 0) is 40.5 Å². The molecule has 5 heteroatoms. The summed E-state index contributed by atoms with van der Waals surface area (Å²) in [6.07, 6.45) is 3.36. The molecular formula is C15H12BrN3O. The third kappa shape index (κ3) is 2.00. The highest BCUT2D eigenvalue weighted by atomic mass is 79.9. The highest BCUT2D eigenvalue weighted by molar-refractivity contribution is 9.10. The molecule has 0 aliphatic heterocycles. The van der Waals surface area contributed by atoms with Crippen LogP contribution in [-0.4, -0.2) is 15.8 Å². The first-order valence-corrected chi connectivity index (χ1v) is 6.89. The Morgan fingerprint density at radius 2 is 2.15 bits per heavy atom. The molecule has 0 fully saturated rings. The number of aromatic nitrogens is 2. The molecule has 0 radical (unpaired) electrons. The molecule has 20 heavy (non-hydrogen) atoms. The Hall–Kier alpha value is -2.14. The van der Waals surface area contributed by atoms with Gasteiger partial charge in [0.25, 0.3) is 0 Å². The summed E-state index contributed by atoms with van der Waals surface area (Å²) in [5.41, 5.74) is 9.21. The molecule has 100 valence electrons. The van der Waals surface area contributed by atoms with Crippen molar-refractivity contribution < 1.29 is 4.79 Å². The molecule has 0 aliphatic rings. The van der Waals surface area contributed by atoms with E-state index in [9.17, 15) is 4.79 Å². The minimum atomic E-state index is -0.0997. The topological polar surface area (TPSA) is 71.8 Å². The predicted molar refractivity (Wildman–Crippen MR) is 82.8 cm³/mol. The number of nitrogens with one attached hydrogen (secondary N) is 1. The first-order chi connectivity index (χ1) is 9.58. The normalized spacial score (nSPS) is 10.9. The van der Waals surface area contributed by atoms with E-state index in [-0.39, 0.29) is 5.78 Å². The van der Waals surface area contributed by atoms with E-state index in [1.165, 1.54) is 0 Å². The molecule has 1 aromatic carbocycles. The largest absolute Gasteiger partial charge is 0.398 e. The zero-order valence-electron chi connectivity index (χ0n) is 10.8. The van der Waals surface area contributed by atoms with Gasteiger partial charge in [-0.2, -0.15) is 0 Å². The SMILES string of the molecule is Cc1cccc(C(=O)c2c[nH]c3ncc(Br)cc23)c1N. The van der Waals surface area contributed by atoms with Crippen molar-refractivity contribution in [3.8, 4) is 0 Å². The number of carbonyl (C=O) groups excluding carboxylic acids is 1. The molecule has 4 nitrogen and oxygen atoms in total. The van der Waals surface area contributed by atoms with Gasteiger partial charge in [0.05, 0.1) is 0 Å². The van der Waals surface area contributed by atoms with E-state index in [0.717, 1.165) is 15.4 Å². The van der Waals surface area contributed by atoms with E-state index in [2.05, 4.69) is 25.9 Å². The number of para-hydroxylation sites is 1. The van der Waals surface area contributed by atoms with Crippen LogP contribution in [0.1, 0.15) is 21.5 Å². The molecule has 3 N–H and O–H groups in total. The van der Waals surface area contributed by atoms with E-state index in [1.807, 2.05) is 25.1 Å². The Kier molecular flexibility index (Phi) is 3.06. The van der Waals surface area contributed by atoms with Gasteiger partial charge >= 0.3 is 0 Å². The van der Waals surface area contributed by atoms with Crippen LogP contribution in [0.4, 0.5) is 5.69 Å². The maximum atomic E-state index is 12.7. The van der Waals surface area contributed by atoms with Crippen molar-refractivity contribution in [2.24, 2.45) is 0 Å². The first-order valence-electron chi connectivity index (χ1n) is 6.10. The molecule has 0 amide bonds. The summed E-state index contributed by atoms with van der Waals surface area (Å²) in [6, 6.07) is 7.34. The molecule has 0 unspecified atom stereocenters. The summed E-state index contributed by atoms with van der Waals surface area (Å²) < 4.78 is 0.830. The highest BCUT2D eigenvalue weighted by Gasteiger charge is 2.17. The van der Waals surface area contributed by atoms with Gasteiger partial charge in [-0.1, -0.05) is 12.1 Å². The van der Waals surface area contributed by atoms with Gasteiger partial charge in [0.2, 0.25) is 0 Å². The van der Waals surface area contributed by atoms with Gasteiger partial charge in [-0.3, -0.25) is 4.79 Å². The summed E-state index contributed by atoms with van der Waals surface area (Å²) in [5, 5.41) is 0.783. The van der Waals surface area contributed by atoms with Crippen molar-refractivity contribution >= 4 is 38.4 Å². The third-order valence-electron chi connectivity index (χ3n) is 3.31. The summed E-state index contributed by atoms with van der Waals surface area (Å²) >= 11 is 3.37. The van der Waals surface area contributed by atoms with Crippen LogP contribution in [0.5, 0.6) is 0 Å². The Morgan fingerprint density at radius 1 is 1.35 bits per heavy atom. The van der Waals surface area contributed by atoms with Crippen LogP contribution < -0.4 is 5.73 Å². The van der Waals surface area contributed by atoms with Crippen molar-refractivity contribution in [2.45, 2.75) is 6.92 Å². The number of hydrogen-bond donors (Lipinski definition) is 2. The molecule has 0 saturated heterocycles. The number of aromatic amines is 1. The molecule has 3 aromatic rings. The van der Waals surface area contributed by atoms with Crippen LogP contribution in [-0.2, 0) is 0 Å². The fourth-order valence-electron chi connectivity index (χ4n) is 2.19. The van der Waals surface area contributed by atoms with Crippen molar-refractivity contribution in [2.75, 3.05) is 5.73 Å². The van der Waals surface area contributed by atoms with Crippen molar-refractivity contribution in [1.29, 1.82) is 0 Å². The number of pyridine rings is 1. The minimum Gasteiger partial charge on any atom is -0.398 e. The van der Waals surface area contributed by atoms with Crippen LogP contribution in [0.25, 0.3) is 11.0 Å². The molecule has 0 spiro atoms. The summed E-state index contributed by atoms with van der Waals surface area (Å²) in [5.74, 6) is -0.0997. The maximum Gasteiger partial charge on any atom is 0.197 e. The molecule has 0 aliphatic carbocycles. The number of rotatable bonds is 2. The van der Waals surface area contributed by atoms with E-state index < -0.39 is 0 Å². The van der Waals surface area contributed by atoms with Gasteiger partial charge in [0.15, 0.2) is 5.78 Å². The second kappa shape index (κ2) is 4.76. The van der Waals surface area contributed by atoms with Crippen LogP contribution >= 0.6 is 15.9 Å². The number of carbonyl (C=O) groups is 1. The minimum absolute atomic E-state index is 0.0997. The highest BCUT2D eigenvalue weighted by Crippen LogP contribution is 2.26. The van der Waals surface area contributed by atoms with Crippen LogP contribution in [0.15, 0.2) is 41.1 Å². The predicted octanol–water partition coefficient (Wildman–Crippen LogP) is 3.45. The van der Waals surface area contributed by atoms with Gasteiger partial charge in [-0.25, -0.2) is 4.98 Å². The number of nitrogens with zero attached hydrogens (tertiary/aromatic N) is 1. The van der Waals surface area contributed by atoms with Crippen molar-refractivity contribution in [1.82, 2.24) is 9.97 Å². The smallest absolute Gasteiger partial charge is 0.197 e. The fourth-order valence-corrected chi connectivity index (χ4v) is 2.52. The Labute approximate surface area is 124 Å². The second-order valence-electron chi connectivity index (χ2n) is 4.62. The lowest BCUT2D eigenvalue weighted by atomic mass is 9.99. The number of fused-ring (bicyclic) bond motifs is 1. The van der Waals surface area contributed by atoms with Crippen LogP contribution in [0.2, 0.25) is 0 Å². The Balaban J connectivity index is 2.18. The average Bonchev–Trinajstić information content (AvgIpc) is 2.84. The third-order valence-corrected chi connectivity index (χ3v) is 3.74. The summed E-state index contributed by atoms with van der Waals surface area (Å²) in [7, 11) is 0. The van der Waals surface area contributed by atoms with E-state index in [1.54, 1.807) is 18.5 Å². The molecular weight excluding hydrogens is 318 g/mol. The Morgan fingerprint density at radius 3 is 2.95 bits per heavy atom. The van der Waals surface area contributed by atoms with Gasteiger partial charge in [0.1, 0.15) is 5.65 Å². The number of nitrogens with two attached hydrogens (primary N) is 1. The van der Waals surface area contributed by atoms with Gasteiger partial charge < -0.3 is 10.7 Å². The lowest BCUT2D eigenvalue weighted by Crippen LogP contribution is -2.06. The Bertz CT molecular complexity index is 823. The molecule has 0 bridgehead atoms. The fraction of sp³-hybridized carbons (Fsp3) is 0.0667. The van der Waals surface area contributed by atoms with Gasteiger partial charge in [0, 0.05) is 39.1 Å². The second-order valence-corrected chi connectivity index (χ2v) is 5.53. The average molecular weight is 330 g/mol. The van der Waals surface area contributed by atoms with E-state index in [0.29, 0.717) is 22.5 Å². The molecule has 3 rings (SSSR count). The number of ketones is 1. The molecule has 2 aromatic heterocycles. The first kappa shape index (κ1) is 12.9. The molecule has 0 saturated carbocycles. The zero-order valence-corrected chi connectivity index (χ0v) is 12.4. The summed E-state index contributed by atoms with van der Waals surface area (Å²) in [6.45, 7) is 1.89. The molecule has 0 atom stereocenters. The van der Waals surface area contributed by atoms with Crippen LogP contribution in [0, 0.1) is 6.92 Å². The van der Waals surface area contributed by atoms with E-state index in [4.69, 9.17) is 5.73 Å². The maximum absolute atomic E-state index is 12.7. The number of aryl methyl sites for hydroxylation is 1. The quantitative estimate of drug-likeness (QED) is 0.558. The summed E-state index contributed by atoms with van der Waals surface area (Å²) in [4.78, 5) is 19.9.